The Morgan fingerprint density at radius 1 is 1.04 bits per heavy atom. The zero-order valence-electron chi connectivity index (χ0n) is 14.9. The molecule has 0 aliphatic carbocycles. The van der Waals surface area contributed by atoms with Crippen molar-refractivity contribution in [1.29, 1.82) is 0 Å². The van der Waals surface area contributed by atoms with Crippen molar-refractivity contribution in [2.45, 2.75) is 6.92 Å². The van der Waals surface area contributed by atoms with Crippen molar-refractivity contribution in [3.63, 3.8) is 0 Å². The summed E-state index contributed by atoms with van der Waals surface area (Å²) in [5, 5.41) is 5.60. The monoisotopic (exact) mass is 367 g/mol. The molecule has 2 aromatic rings. The summed E-state index contributed by atoms with van der Waals surface area (Å²) < 4.78 is 0. The first kappa shape index (κ1) is 19.3. The van der Waals surface area contributed by atoms with E-state index in [4.69, 9.17) is 12.2 Å². The van der Waals surface area contributed by atoms with Crippen LogP contribution in [0.4, 0.5) is 5.69 Å². The second kappa shape index (κ2) is 8.92. The average Bonchev–Trinajstić information content (AvgIpc) is 2.61. The molecule has 0 heterocycles. The molecule has 6 heteroatoms. The predicted octanol–water partition coefficient (Wildman–Crippen LogP) is 3.22. The van der Waals surface area contributed by atoms with Gasteiger partial charge in [-0.3, -0.25) is 14.9 Å². The number of para-hydroxylation sites is 1. The molecule has 0 aliphatic heterocycles. The average molecular weight is 367 g/mol. The molecule has 0 saturated carbocycles. The van der Waals surface area contributed by atoms with Gasteiger partial charge in [0.2, 0.25) is 5.91 Å². The third kappa shape index (κ3) is 5.53. The Kier molecular flexibility index (Phi) is 6.63. The number of benzene rings is 2. The fourth-order valence-corrected chi connectivity index (χ4v) is 2.39. The number of amides is 2. The van der Waals surface area contributed by atoms with E-state index in [0.717, 1.165) is 11.1 Å². The molecule has 0 fully saturated rings. The molecule has 0 bridgehead atoms. The van der Waals surface area contributed by atoms with Gasteiger partial charge in [-0.25, -0.2) is 0 Å². The molecular weight excluding hydrogens is 346 g/mol. The maximum Gasteiger partial charge on any atom is 0.255 e. The highest BCUT2D eigenvalue weighted by atomic mass is 32.1. The Morgan fingerprint density at radius 2 is 1.69 bits per heavy atom. The zero-order chi connectivity index (χ0) is 19.1. The summed E-state index contributed by atoms with van der Waals surface area (Å²) in [4.78, 5) is 25.7. The molecule has 26 heavy (non-hydrogen) atoms. The van der Waals surface area contributed by atoms with Crippen LogP contribution < -0.4 is 10.6 Å². The summed E-state index contributed by atoms with van der Waals surface area (Å²) in [6.07, 6.45) is 3.12. The Labute approximate surface area is 158 Å². The van der Waals surface area contributed by atoms with Crippen molar-refractivity contribution >= 4 is 40.9 Å². The van der Waals surface area contributed by atoms with E-state index < -0.39 is 0 Å². The van der Waals surface area contributed by atoms with Gasteiger partial charge in [0.25, 0.3) is 5.91 Å². The van der Waals surface area contributed by atoms with Gasteiger partial charge < -0.3 is 10.2 Å². The van der Waals surface area contributed by atoms with Crippen molar-refractivity contribution < 1.29 is 9.59 Å². The molecule has 0 radical (unpaired) electrons. The normalized spacial score (nSPS) is 10.4. The molecule has 2 amide bonds. The number of carbonyl (C=O) groups is 2. The molecule has 2 N–H and O–H groups in total. The Hall–Kier alpha value is -2.99. The number of hydrogen-bond donors (Lipinski definition) is 2. The summed E-state index contributed by atoms with van der Waals surface area (Å²) >= 11 is 5.17. The minimum atomic E-state index is -0.348. The smallest absolute Gasteiger partial charge is 0.255 e. The molecule has 2 aromatic carbocycles. The van der Waals surface area contributed by atoms with Crippen LogP contribution in [0.3, 0.4) is 0 Å². The largest absolute Gasteiger partial charge is 0.345 e. The molecule has 0 aliphatic rings. The van der Waals surface area contributed by atoms with E-state index in [0.29, 0.717) is 11.3 Å². The van der Waals surface area contributed by atoms with E-state index in [2.05, 4.69) is 10.6 Å². The zero-order valence-corrected chi connectivity index (χ0v) is 15.8. The summed E-state index contributed by atoms with van der Waals surface area (Å²) in [6.45, 7) is 2.00. The lowest BCUT2D eigenvalue weighted by Gasteiger charge is -2.15. The second-order valence-electron chi connectivity index (χ2n) is 5.93. The van der Waals surface area contributed by atoms with E-state index in [-0.39, 0.29) is 16.9 Å². The Bertz CT molecular complexity index is 842. The highest BCUT2D eigenvalue weighted by Crippen LogP contribution is 2.16. The van der Waals surface area contributed by atoms with E-state index in [1.807, 2.05) is 31.2 Å². The molecule has 0 unspecified atom stereocenters. The summed E-state index contributed by atoms with van der Waals surface area (Å²) in [5.41, 5.74) is 3.10. The minimum absolute atomic E-state index is 0.127. The third-order valence-electron chi connectivity index (χ3n) is 3.55. The van der Waals surface area contributed by atoms with Gasteiger partial charge in [-0.2, -0.15) is 0 Å². The lowest BCUT2D eigenvalue weighted by atomic mass is 10.1. The van der Waals surface area contributed by atoms with Crippen molar-refractivity contribution in [2.75, 3.05) is 19.4 Å². The van der Waals surface area contributed by atoms with Crippen molar-refractivity contribution in [2.24, 2.45) is 0 Å². The summed E-state index contributed by atoms with van der Waals surface area (Å²) in [5.74, 6) is -0.499. The number of carbonyl (C=O) groups excluding carboxylic acids is 2. The Balaban J connectivity index is 1.99. The van der Waals surface area contributed by atoms with Crippen LogP contribution in [-0.4, -0.2) is 35.9 Å². The molecule has 5 nitrogen and oxygen atoms in total. The molecule has 0 saturated heterocycles. The highest BCUT2D eigenvalue weighted by molar-refractivity contribution is 7.80. The SMILES string of the molecule is Cc1ccc(C=CC(=O)NC(=S)Nc2ccccc2C(=O)N(C)C)cc1. The molecule has 0 spiro atoms. The fourth-order valence-electron chi connectivity index (χ4n) is 2.18. The van der Waals surface area contributed by atoms with Crippen LogP contribution in [0.25, 0.3) is 6.08 Å². The van der Waals surface area contributed by atoms with Crippen molar-refractivity contribution in [3.05, 3.63) is 71.3 Å². The summed E-state index contributed by atoms with van der Waals surface area (Å²) in [6, 6.07) is 14.8. The van der Waals surface area contributed by atoms with E-state index in [9.17, 15) is 9.59 Å². The number of nitrogens with one attached hydrogen (secondary N) is 2. The van der Waals surface area contributed by atoms with Gasteiger partial charge in [0, 0.05) is 20.2 Å². The first-order valence-electron chi connectivity index (χ1n) is 8.04. The van der Waals surface area contributed by atoms with Gasteiger partial charge in [0.05, 0.1) is 11.3 Å². The molecular formula is C20H21N3O2S. The van der Waals surface area contributed by atoms with Crippen LogP contribution in [0.1, 0.15) is 21.5 Å². The molecule has 0 aromatic heterocycles. The maximum absolute atomic E-state index is 12.2. The van der Waals surface area contributed by atoms with Gasteiger partial charge in [-0.15, -0.1) is 0 Å². The number of aryl methyl sites for hydroxylation is 1. The lowest BCUT2D eigenvalue weighted by Crippen LogP contribution is -2.33. The van der Waals surface area contributed by atoms with Crippen LogP contribution in [0.15, 0.2) is 54.6 Å². The van der Waals surface area contributed by atoms with Gasteiger partial charge in [-0.1, -0.05) is 42.0 Å². The minimum Gasteiger partial charge on any atom is -0.345 e. The van der Waals surface area contributed by atoms with Crippen molar-refractivity contribution in [1.82, 2.24) is 10.2 Å². The van der Waals surface area contributed by atoms with E-state index in [1.54, 1.807) is 44.4 Å². The summed E-state index contributed by atoms with van der Waals surface area (Å²) in [7, 11) is 3.35. The van der Waals surface area contributed by atoms with Gasteiger partial charge >= 0.3 is 0 Å². The fraction of sp³-hybridized carbons (Fsp3) is 0.150. The number of hydrogen-bond acceptors (Lipinski definition) is 3. The topological polar surface area (TPSA) is 61.4 Å². The first-order valence-corrected chi connectivity index (χ1v) is 8.45. The van der Waals surface area contributed by atoms with Crippen molar-refractivity contribution in [3.8, 4) is 0 Å². The third-order valence-corrected chi connectivity index (χ3v) is 3.76. The number of rotatable bonds is 4. The second-order valence-corrected chi connectivity index (χ2v) is 6.34. The Morgan fingerprint density at radius 3 is 2.35 bits per heavy atom. The van der Waals surface area contributed by atoms with E-state index in [1.165, 1.54) is 11.0 Å². The number of anilines is 1. The van der Waals surface area contributed by atoms with Crippen LogP contribution >= 0.6 is 12.2 Å². The van der Waals surface area contributed by atoms with Gasteiger partial charge in [0.1, 0.15) is 0 Å². The van der Waals surface area contributed by atoms with Crippen LogP contribution in [0, 0.1) is 6.92 Å². The maximum atomic E-state index is 12.2. The van der Waals surface area contributed by atoms with Gasteiger partial charge in [0.15, 0.2) is 5.11 Å². The predicted molar refractivity (Wildman–Crippen MR) is 109 cm³/mol. The lowest BCUT2D eigenvalue weighted by molar-refractivity contribution is -0.115. The molecule has 134 valence electrons. The standard InChI is InChI=1S/C20H21N3O2S/c1-14-8-10-15(11-9-14)12-13-18(24)22-20(26)21-17-7-5-4-6-16(17)19(25)23(2)3/h4-13H,1-3H3,(H2,21,22,24,26). The van der Waals surface area contributed by atoms with Crippen LogP contribution in [-0.2, 0) is 4.79 Å². The molecule has 0 atom stereocenters. The number of thiocarbonyl (C=S) groups is 1. The van der Waals surface area contributed by atoms with E-state index >= 15 is 0 Å². The molecule has 2 rings (SSSR count). The van der Waals surface area contributed by atoms with Crippen LogP contribution in [0.5, 0.6) is 0 Å². The quantitative estimate of drug-likeness (QED) is 0.643. The van der Waals surface area contributed by atoms with Gasteiger partial charge in [-0.05, 0) is 42.9 Å². The highest BCUT2D eigenvalue weighted by Gasteiger charge is 2.13. The van der Waals surface area contributed by atoms with Crippen LogP contribution in [0.2, 0.25) is 0 Å². The number of nitrogens with zero attached hydrogens (tertiary/aromatic N) is 1. The first-order chi connectivity index (χ1) is 12.4.